The van der Waals surface area contributed by atoms with E-state index in [0.29, 0.717) is 6.04 Å². The van der Waals surface area contributed by atoms with Crippen molar-refractivity contribution in [1.82, 2.24) is 14.7 Å². The highest BCUT2D eigenvalue weighted by atomic mass is 79.9. The Balaban J connectivity index is 2.22. The number of alkyl halides is 1. The maximum Gasteiger partial charge on any atom is 0.272 e. The molecule has 5 heteroatoms. The molecule has 1 aliphatic rings. The molecule has 1 amide bonds. The molecule has 4 nitrogen and oxygen atoms in total. The molecule has 1 aliphatic carbocycles. The standard InChI is InChI=1S/C13H20BrN3O/c1-3-10-9-12(17(4-2)15-10)13(18)16(8-7-14)11-5-6-11/h9,11H,3-8H2,1-2H3. The van der Waals surface area contributed by atoms with Crippen molar-refractivity contribution in [3.8, 4) is 0 Å². The summed E-state index contributed by atoms with van der Waals surface area (Å²) in [6.07, 6.45) is 3.15. The summed E-state index contributed by atoms with van der Waals surface area (Å²) in [4.78, 5) is 14.6. The van der Waals surface area contributed by atoms with Gasteiger partial charge in [-0.15, -0.1) is 0 Å². The van der Waals surface area contributed by atoms with E-state index in [1.165, 1.54) is 0 Å². The van der Waals surface area contributed by atoms with Gasteiger partial charge >= 0.3 is 0 Å². The van der Waals surface area contributed by atoms with Crippen LogP contribution in [-0.2, 0) is 13.0 Å². The number of halogens is 1. The highest BCUT2D eigenvalue weighted by molar-refractivity contribution is 9.09. The molecule has 100 valence electrons. The van der Waals surface area contributed by atoms with E-state index in [2.05, 4.69) is 28.0 Å². The highest BCUT2D eigenvalue weighted by Gasteiger charge is 2.33. The first-order chi connectivity index (χ1) is 8.71. The molecule has 0 spiro atoms. The minimum absolute atomic E-state index is 0.131. The van der Waals surface area contributed by atoms with Gasteiger partial charge in [0.2, 0.25) is 0 Å². The molecule has 0 aliphatic heterocycles. The van der Waals surface area contributed by atoms with Gasteiger partial charge < -0.3 is 4.90 Å². The predicted molar refractivity (Wildman–Crippen MR) is 75.1 cm³/mol. The van der Waals surface area contributed by atoms with Crippen LogP contribution < -0.4 is 0 Å². The molecular weight excluding hydrogens is 294 g/mol. The first kappa shape index (κ1) is 13.6. The Morgan fingerprint density at radius 1 is 1.56 bits per heavy atom. The van der Waals surface area contributed by atoms with Gasteiger partial charge in [0.25, 0.3) is 5.91 Å². The molecule has 1 aromatic rings. The number of carbonyl (C=O) groups excluding carboxylic acids is 1. The van der Waals surface area contributed by atoms with Crippen LogP contribution in [0.3, 0.4) is 0 Å². The number of hydrogen-bond acceptors (Lipinski definition) is 2. The molecule has 2 rings (SSSR count). The summed E-state index contributed by atoms with van der Waals surface area (Å²) in [6, 6.07) is 2.38. The van der Waals surface area contributed by atoms with Gasteiger partial charge in [0, 0.05) is 24.5 Å². The second kappa shape index (κ2) is 5.87. The van der Waals surface area contributed by atoms with Crippen molar-refractivity contribution in [3.63, 3.8) is 0 Å². The van der Waals surface area contributed by atoms with E-state index in [1.807, 2.05) is 22.6 Å². The number of aryl methyl sites for hydroxylation is 2. The lowest BCUT2D eigenvalue weighted by molar-refractivity contribution is 0.0742. The molecule has 18 heavy (non-hydrogen) atoms. The van der Waals surface area contributed by atoms with Crippen LogP contribution in [0.4, 0.5) is 0 Å². The minimum atomic E-state index is 0.131. The van der Waals surface area contributed by atoms with Crippen LogP contribution in [0.2, 0.25) is 0 Å². The van der Waals surface area contributed by atoms with Gasteiger partial charge in [0.05, 0.1) is 5.69 Å². The molecular formula is C13H20BrN3O. The molecule has 0 radical (unpaired) electrons. The van der Waals surface area contributed by atoms with Gasteiger partial charge in [-0.1, -0.05) is 22.9 Å². The molecule has 0 atom stereocenters. The maximum absolute atomic E-state index is 12.6. The van der Waals surface area contributed by atoms with Crippen LogP contribution in [0.15, 0.2) is 6.07 Å². The molecule has 0 aromatic carbocycles. The number of carbonyl (C=O) groups is 1. The van der Waals surface area contributed by atoms with Gasteiger partial charge in [0.1, 0.15) is 5.69 Å². The summed E-state index contributed by atoms with van der Waals surface area (Å²) >= 11 is 3.43. The summed E-state index contributed by atoms with van der Waals surface area (Å²) < 4.78 is 1.82. The SMILES string of the molecule is CCc1cc(C(=O)N(CCBr)C2CC2)n(CC)n1. The smallest absolute Gasteiger partial charge is 0.272 e. The van der Waals surface area contributed by atoms with Crippen molar-refractivity contribution in [3.05, 3.63) is 17.5 Å². The number of aromatic nitrogens is 2. The quantitative estimate of drug-likeness (QED) is 0.757. The molecule has 1 aromatic heterocycles. The Morgan fingerprint density at radius 3 is 2.78 bits per heavy atom. The minimum Gasteiger partial charge on any atom is -0.334 e. The molecule has 0 unspecified atom stereocenters. The molecule has 0 bridgehead atoms. The fourth-order valence-corrected chi connectivity index (χ4v) is 2.51. The Bertz CT molecular complexity index is 426. The number of amides is 1. The summed E-state index contributed by atoms with van der Waals surface area (Å²) in [6.45, 7) is 5.61. The normalized spacial score (nSPS) is 14.8. The number of hydrogen-bond donors (Lipinski definition) is 0. The predicted octanol–water partition coefficient (Wildman–Crippen LogP) is 2.46. The summed E-state index contributed by atoms with van der Waals surface area (Å²) in [5, 5.41) is 5.28. The van der Waals surface area contributed by atoms with Crippen LogP contribution in [0, 0.1) is 0 Å². The maximum atomic E-state index is 12.6. The van der Waals surface area contributed by atoms with Gasteiger partial charge in [-0.3, -0.25) is 9.48 Å². The molecule has 0 saturated heterocycles. The van der Waals surface area contributed by atoms with Crippen LogP contribution in [0.1, 0.15) is 42.9 Å². The van der Waals surface area contributed by atoms with E-state index >= 15 is 0 Å². The summed E-state index contributed by atoms with van der Waals surface area (Å²) in [5.74, 6) is 0.131. The third kappa shape index (κ3) is 2.76. The largest absolute Gasteiger partial charge is 0.334 e. The van der Waals surface area contributed by atoms with Crippen molar-refractivity contribution in [2.75, 3.05) is 11.9 Å². The summed E-state index contributed by atoms with van der Waals surface area (Å²) in [5.41, 5.74) is 1.73. The zero-order valence-electron chi connectivity index (χ0n) is 11.0. The topological polar surface area (TPSA) is 38.1 Å². The zero-order chi connectivity index (χ0) is 13.1. The third-order valence-corrected chi connectivity index (χ3v) is 3.64. The van der Waals surface area contributed by atoms with E-state index in [9.17, 15) is 4.79 Å². The second-order valence-electron chi connectivity index (χ2n) is 4.61. The Hall–Kier alpha value is -0.840. The number of nitrogens with zero attached hydrogens (tertiary/aromatic N) is 3. The van der Waals surface area contributed by atoms with E-state index < -0.39 is 0 Å². The van der Waals surface area contributed by atoms with Crippen LogP contribution >= 0.6 is 15.9 Å². The van der Waals surface area contributed by atoms with Crippen LogP contribution in [0.5, 0.6) is 0 Å². The van der Waals surface area contributed by atoms with E-state index in [-0.39, 0.29) is 5.91 Å². The molecule has 1 heterocycles. The van der Waals surface area contributed by atoms with Crippen molar-refractivity contribution >= 4 is 21.8 Å². The van der Waals surface area contributed by atoms with Crippen molar-refractivity contribution in [2.24, 2.45) is 0 Å². The van der Waals surface area contributed by atoms with Gasteiger partial charge in [-0.05, 0) is 32.3 Å². The summed E-state index contributed by atoms with van der Waals surface area (Å²) in [7, 11) is 0. The molecule has 0 N–H and O–H groups in total. The second-order valence-corrected chi connectivity index (χ2v) is 5.40. The van der Waals surface area contributed by atoms with Crippen LogP contribution in [-0.4, -0.2) is 38.5 Å². The lowest BCUT2D eigenvalue weighted by Gasteiger charge is -2.21. The van der Waals surface area contributed by atoms with Crippen molar-refractivity contribution in [1.29, 1.82) is 0 Å². The lowest BCUT2D eigenvalue weighted by atomic mass is 10.2. The average Bonchev–Trinajstić information content (AvgIpc) is 3.13. The highest BCUT2D eigenvalue weighted by Crippen LogP contribution is 2.28. The van der Waals surface area contributed by atoms with E-state index in [4.69, 9.17) is 0 Å². The van der Waals surface area contributed by atoms with Gasteiger partial charge in [-0.2, -0.15) is 5.10 Å². The van der Waals surface area contributed by atoms with Gasteiger partial charge in [0.15, 0.2) is 0 Å². The first-order valence-electron chi connectivity index (χ1n) is 6.64. The van der Waals surface area contributed by atoms with Crippen LogP contribution in [0.25, 0.3) is 0 Å². The fourth-order valence-electron chi connectivity index (χ4n) is 2.13. The van der Waals surface area contributed by atoms with Gasteiger partial charge in [-0.25, -0.2) is 0 Å². The molecule has 1 fully saturated rings. The van der Waals surface area contributed by atoms with E-state index in [1.54, 1.807) is 0 Å². The van der Waals surface area contributed by atoms with Crippen molar-refractivity contribution < 1.29 is 4.79 Å². The zero-order valence-corrected chi connectivity index (χ0v) is 12.6. The first-order valence-corrected chi connectivity index (χ1v) is 7.77. The Kier molecular flexibility index (Phi) is 4.43. The monoisotopic (exact) mass is 313 g/mol. The van der Waals surface area contributed by atoms with E-state index in [0.717, 1.165) is 49.1 Å². The van der Waals surface area contributed by atoms with Crippen molar-refractivity contribution in [2.45, 2.75) is 45.7 Å². The Morgan fingerprint density at radius 2 is 2.28 bits per heavy atom. The third-order valence-electron chi connectivity index (χ3n) is 3.29. The fraction of sp³-hybridized carbons (Fsp3) is 0.692. The molecule has 1 saturated carbocycles. The Labute approximate surface area is 116 Å². The number of rotatable bonds is 6. The lowest BCUT2D eigenvalue weighted by Crippen LogP contribution is -2.36. The average molecular weight is 314 g/mol.